The van der Waals surface area contributed by atoms with Gasteiger partial charge in [0.1, 0.15) is 6.10 Å². The number of fused-ring (bicyclic) bond motifs is 1. The van der Waals surface area contributed by atoms with Crippen LogP contribution in [0, 0.1) is 17.7 Å². The summed E-state index contributed by atoms with van der Waals surface area (Å²) in [6.45, 7) is 1.92. The zero-order chi connectivity index (χ0) is 13.4. The molecule has 1 saturated heterocycles. The van der Waals surface area contributed by atoms with Crippen molar-refractivity contribution < 1.29 is 14.2 Å². The Balaban J connectivity index is 1.71. The zero-order valence-electron chi connectivity index (χ0n) is 10.5. The smallest absolute Gasteiger partial charge is 0.166 e. The molecule has 0 aromatic heterocycles. The van der Waals surface area contributed by atoms with E-state index in [0.29, 0.717) is 16.9 Å². The number of nitrogens with one attached hydrogen (secondary N) is 1. The number of halogens is 2. The molecule has 0 amide bonds. The molecule has 2 aliphatic rings. The van der Waals surface area contributed by atoms with Gasteiger partial charge < -0.3 is 15.2 Å². The molecule has 4 atom stereocenters. The summed E-state index contributed by atoms with van der Waals surface area (Å²) in [5.74, 6) is 0.720. The van der Waals surface area contributed by atoms with Crippen molar-refractivity contribution >= 4 is 11.6 Å². The van der Waals surface area contributed by atoms with Crippen molar-refractivity contribution in [1.82, 2.24) is 5.32 Å². The van der Waals surface area contributed by atoms with Gasteiger partial charge in [-0.2, -0.15) is 0 Å². The van der Waals surface area contributed by atoms with Crippen LogP contribution in [0.3, 0.4) is 0 Å². The molecule has 19 heavy (non-hydrogen) atoms. The molecule has 104 valence electrons. The normalized spacial score (nSPS) is 34.1. The summed E-state index contributed by atoms with van der Waals surface area (Å²) in [6, 6.07) is 4.34. The van der Waals surface area contributed by atoms with E-state index in [-0.39, 0.29) is 11.9 Å². The molecule has 3 rings (SSSR count). The van der Waals surface area contributed by atoms with Crippen molar-refractivity contribution in [1.29, 1.82) is 0 Å². The van der Waals surface area contributed by atoms with Crippen molar-refractivity contribution in [2.75, 3.05) is 13.1 Å². The number of benzene rings is 1. The fourth-order valence-electron chi connectivity index (χ4n) is 3.12. The molecule has 1 aliphatic carbocycles. The van der Waals surface area contributed by atoms with Gasteiger partial charge in [-0.15, -0.1) is 0 Å². The minimum Gasteiger partial charge on any atom is -0.485 e. The molecule has 1 aromatic rings. The van der Waals surface area contributed by atoms with Gasteiger partial charge in [0.05, 0.1) is 6.10 Å². The topological polar surface area (TPSA) is 41.5 Å². The number of aliphatic hydroxyl groups excluding tert-OH is 1. The van der Waals surface area contributed by atoms with E-state index in [4.69, 9.17) is 16.3 Å². The van der Waals surface area contributed by atoms with E-state index in [1.807, 2.05) is 0 Å². The zero-order valence-corrected chi connectivity index (χ0v) is 11.2. The summed E-state index contributed by atoms with van der Waals surface area (Å²) in [4.78, 5) is 0. The van der Waals surface area contributed by atoms with Crippen LogP contribution >= 0.6 is 11.6 Å². The molecule has 1 saturated carbocycles. The second-order valence-corrected chi connectivity index (χ2v) is 5.88. The predicted molar refractivity (Wildman–Crippen MR) is 70.9 cm³/mol. The van der Waals surface area contributed by atoms with Gasteiger partial charge in [0.25, 0.3) is 0 Å². The van der Waals surface area contributed by atoms with E-state index in [0.717, 1.165) is 25.9 Å². The van der Waals surface area contributed by atoms with Gasteiger partial charge in [-0.3, -0.25) is 0 Å². The van der Waals surface area contributed by atoms with Crippen LogP contribution in [-0.4, -0.2) is 30.4 Å². The first-order valence-electron chi connectivity index (χ1n) is 6.64. The van der Waals surface area contributed by atoms with Crippen LogP contribution in [0.4, 0.5) is 4.39 Å². The fraction of sp³-hybridized carbons (Fsp3) is 0.571. The molecule has 1 aliphatic heterocycles. The average molecular weight is 286 g/mol. The number of hydrogen-bond donors (Lipinski definition) is 2. The monoisotopic (exact) mass is 285 g/mol. The van der Waals surface area contributed by atoms with Gasteiger partial charge in [-0.1, -0.05) is 11.6 Å². The second-order valence-electron chi connectivity index (χ2n) is 5.45. The molecule has 2 fully saturated rings. The Morgan fingerprint density at radius 2 is 2.00 bits per heavy atom. The summed E-state index contributed by atoms with van der Waals surface area (Å²) >= 11 is 5.71. The summed E-state index contributed by atoms with van der Waals surface area (Å²) < 4.78 is 19.3. The molecular formula is C14H17ClFNO2. The largest absolute Gasteiger partial charge is 0.485 e. The predicted octanol–water partition coefficient (Wildman–Crippen LogP) is 2.22. The molecule has 3 nitrogen and oxygen atoms in total. The maximum absolute atomic E-state index is 13.7. The fourth-order valence-corrected chi connectivity index (χ4v) is 3.28. The van der Waals surface area contributed by atoms with Gasteiger partial charge in [0.2, 0.25) is 0 Å². The van der Waals surface area contributed by atoms with Gasteiger partial charge in [0, 0.05) is 5.02 Å². The van der Waals surface area contributed by atoms with E-state index in [1.54, 1.807) is 6.07 Å². The number of ether oxygens (including phenoxy) is 1. The van der Waals surface area contributed by atoms with Crippen molar-refractivity contribution in [3.8, 4) is 5.75 Å². The van der Waals surface area contributed by atoms with Crippen LogP contribution in [0.1, 0.15) is 12.8 Å². The highest BCUT2D eigenvalue weighted by Crippen LogP contribution is 2.35. The first kappa shape index (κ1) is 13.2. The van der Waals surface area contributed by atoms with Gasteiger partial charge >= 0.3 is 0 Å². The molecular weight excluding hydrogens is 269 g/mol. The Morgan fingerprint density at radius 1 is 1.26 bits per heavy atom. The van der Waals surface area contributed by atoms with Gasteiger partial charge in [-0.25, -0.2) is 4.39 Å². The summed E-state index contributed by atoms with van der Waals surface area (Å²) in [5, 5.41) is 13.8. The van der Waals surface area contributed by atoms with Crippen molar-refractivity contribution in [3.63, 3.8) is 0 Å². The summed E-state index contributed by atoms with van der Waals surface area (Å²) in [7, 11) is 0. The maximum atomic E-state index is 13.7. The summed E-state index contributed by atoms with van der Waals surface area (Å²) in [5.41, 5.74) is 0. The van der Waals surface area contributed by atoms with Crippen molar-refractivity contribution in [2.24, 2.45) is 11.8 Å². The molecule has 0 radical (unpaired) electrons. The van der Waals surface area contributed by atoms with Crippen LogP contribution in [0.25, 0.3) is 0 Å². The molecule has 2 N–H and O–H groups in total. The van der Waals surface area contributed by atoms with E-state index < -0.39 is 11.9 Å². The standard InChI is InChI=1S/C14H17ClFNO2/c15-10-1-2-13(11(16)5-10)19-14-4-9-7-17-6-8(9)3-12(14)18/h1-2,5,8-9,12,14,17-18H,3-4,6-7H2/t8-,9+,12+,14+/m0/s1. The van der Waals surface area contributed by atoms with Crippen LogP contribution < -0.4 is 10.1 Å². The molecule has 5 heteroatoms. The van der Waals surface area contributed by atoms with Crippen molar-refractivity contribution in [3.05, 3.63) is 29.0 Å². The first-order chi connectivity index (χ1) is 9.13. The highest BCUT2D eigenvalue weighted by Gasteiger charge is 2.40. The van der Waals surface area contributed by atoms with E-state index >= 15 is 0 Å². The highest BCUT2D eigenvalue weighted by atomic mass is 35.5. The molecule has 0 unspecified atom stereocenters. The minimum absolute atomic E-state index is 0.165. The highest BCUT2D eigenvalue weighted by molar-refractivity contribution is 6.30. The SMILES string of the molecule is O[C@@H]1C[C@H]2CNC[C@H]2C[C@H]1Oc1ccc(Cl)cc1F. The Kier molecular flexibility index (Phi) is 3.65. The first-order valence-corrected chi connectivity index (χ1v) is 7.02. The van der Waals surface area contributed by atoms with E-state index in [9.17, 15) is 9.50 Å². The van der Waals surface area contributed by atoms with Crippen molar-refractivity contribution in [2.45, 2.75) is 25.0 Å². The van der Waals surface area contributed by atoms with Crippen LogP contribution in [0.15, 0.2) is 18.2 Å². The summed E-state index contributed by atoms with van der Waals surface area (Å²) in [6.07, 6.45) is 0.617. The second kappa shape index (κ2) is 5.27. The lowest BCUT2D eigenvalue weighted by molar-refractivity contribution is -0.0246. The molecule has 0 spiro atoms. The average Bonchev–Trinajstić information content (AvgIpc) is 2.80. The van der Waals surface area contributed by atoms with E-state index in [1.165, 1.54) is 12.1 Å². The lowest BCUT2D eigenvalue weighted by Crippen LogP contribution is -2.42. The quantitative estimate of drug-likeness (QED) is 0.875. The Labute approximate surface area is 116 Å². The minimum atomic E-state index is -0.531. The maximum Gasteiger partial charge on any atom is 0.166 e. The van der Waals surface area contributed by atoms with Crippen LogP contribution in [0.2, 0.25) is 5.02 Å². The Bertz CT molecular complexity index is 471. The lowest BCUT2D eigenvalue weighted by Gasteiger charge is -2.35. The molecule has 1 heterocycles. The third kappa shape index (κ3) is 2.71. The Hall–Kier alpha value is -0.840. The van der Waals surface area contributed by atoms with Crippen LogP contribution in [0.5, 0.6) is 5.75 Å². The number of rotatable bonds is 2. The molecule has 0 bridgehead atoms. The third-order valence-corrected chi connectivity index (χ3v) is 4.40. The third-order valence-electron chi connectivity index (χ3n) is 4.16. The number of hydrogen-bond acceptors (Lipinski definition) is 3. The molecule has 1 aromatic carbocycles. The number of aliphatic hydroxyl groups is 1. The van der Waals surface area contributed by atoms with Gasteiger partial charge in [-0.05, 0) is 56.0 Å². The van der Waals surface area contributed by atoms with E-state index in [2.05, 4.69) is 5.32 Å². The Morgan fingerprint density at radius 3 is 2.74 bits per heavy atom. The van der Waals surface area contributed by atoms with Gasteiger partial charge in [0.15, 0.2) is 11.6 Å². The lowest BCUT2D eigenvalue weighted by atomic mass is 9.78. The van der Waals surface area contributed by atoms with Crippen LogP contribution in [-0.2, 0) is 0 Å².